The van der Waals surface area contributed by atoms with Crippen molar-refractivity contribution in [2.75, 3.05) is 20.5 Å². The molecule has 0 unspecified atom stereocenters. The SMILES string of the molecule is COc1ccnc(C(=O)C[C@@H](C)C(=O)O[C@H](C(C)C)[C@H](C)OCC(C)C)c1OCOC(C)=O. The maximum atomic E-state index is 12.9. The van der Waals surface area contributed by atoms with Gasteiger partial charge in [0.2, 0.25) is 6.79 Å². The van der Waals surface area contributed by atoms with Gasteiger partial charge in [0.05, 0.1) is 19.1 Å². The number of ether oxygens (including phenoxy) is 5. The fourth-order valence-electron chi connectivity index (χ4n) is 3.02. The Morgan fingerprint density at radius 2 is 1.73 bits per heavy atom. The Balaban J connectivity index is 2.89. The van der Waals surface area contributed by atoms with E-state index in [2.05, 4.69) is 4.98 Å². The van der Waals surface area contributed by atoms with E-state index in [0.717, 1.165) is 0 Å². The average Bonchev–Trinajstić information content (AvgIpc) is 2.74. The number of pyridine rings is 1. The summed E-state index contributed by atoms with van der Waals surface area (Å²) in [4.78, 5) is 40.8. The average molecular weight is 468 g/mol. The van der Waals surface area contributed by atoms with Crippen LogP contribution in [-0.4, -0.2) is 55.4 Å². The van der Waals surface area contributed by atoms with Gasteiger partial charge in [-0.2, -0.15) is 0 Å². The Labute approximate surface area is 196 Å². The standard InChI is InChI=1S/C24H37NO8/c1-14(2)12-30-17(6)22(15(3)4)33-24(28)16(5)11-19(27)21-23(32-13-31-18(7)26)20(29-8)9-10-25-21/h9-10,14-17,22H,11-13H2,1-8H3/t16-,17+,22-/m1/s1. The summed E-state index contributed by atoms with van der Waals surface area (Å²) in [5.41, 5.74) is -0.0183. The summed E-state index contributed by atoms with van der Waals surface area (Å²) in [5.74, 6) is -1.47. The van der Waals surface area contributed by atoms with Gasteiger partial charge in [-0.3, -0.25) is 14.4 Å². The smallest absolute Gasteiger partial charge is 0.309 e. The first-order valence-electron chi connectivity index (χ1n) is 11.1. The van der Waals surface area contributed by atoms with Gasteiger partial charge in [0.1, 0.15) is 6.10 Å². The Bertz CT molecular complexity index is 793. The van der Waals surface area contributed by atoms with Crippen LogP contribution < -0.4 is 9.47 Å². The highest BCUT2D eigenvalue weighted by atomic mass is 16.7. The largest absolute Gasteiger partial charge is 0.493 e. The normalized spacial score (nSPS) is 13.9. The highest BCUT2D eigenvalue weighted by Crippen LogP contribution is 2.31. The molecule has 1 heterocycles. The molecule has 0 spiro atoms. The van der Waals surface area contributed by atoms with Crippen molar-refractivity contribution in [1.29, 1.82) is 0 Å². The van der Waals surface area contributed by atoms with Crippen LogP contribution in [0, 0.1) is 17.8 Å². The summed E-state index contributed by atoms with van der Waals surface area (Å²) < 4.78 is 27.0. The first-order valence-corrected chi connectivity index (χ1v) is 11.1. The van der Waals surface area contributed by atoms with Gasteiger partial charge in [0.15, 0.2) is 23.0 Å². The lowest BCUT2D eigenvalue weighted by Gasteiger charge is -2.29. The molecule has 1 aromatic rings. The number of hydrogen-bond donors (Lipinski definition) is 0. The summed E-state index contributed by atoms with van der Waals surface area (Å²) in [6.45, 7) is 12.9. The van der Waals surface area contributed by atoms with Crippen LogP contribution in [0.4, 0.5) is 0 Å². The lowest BCUT2D eigenvalue weighted by Crippen LogP contribution is -2.38. The number of esters is 2. The van der Waals surface area contributed by atoms with Crippen molar-refractivity contribution in [1.82, 2.24) is 4.98 Å². The molecule has 1 aromatic heterocycles. The number of carbonyl (C=O) groups is 3. The van der Waals surface area contributed by atoms with Crippen molar-refractivity contribution in [3.63, 3.8) is 0 Å². The van der Waals surface area contributed by atoms with Crippen molar-refractivity contribution >= 4 is 17.7 Å². The van der Waals surface area contributed by atoms with E-state index in [4.69, 9.17) is 23.7 Å². The second kappa shape index (κ2) is 13.8. The summed E-state index contributed by atoms with van der Waals surface area (Å²) in [5, 5.41) is 0. The second-order valence-electron chi connectivity index (χ2n) is 8.70. The maximum Gasteiger partial charge on any atom is 0.309 e. The lowest BCUT2D eigenvalue weighted by molar-refractivity contribution is -0.165. The molecule has 0 saturated carbocycles. The third kappa shape index (κ3) is 9.37. The van der Waals surface area contributed by atoms with Crippen molar-refractivity contribution in [3.8, 4) is 11.5 Å². The van der Waals surface area contributed by atoms with E-state index >= 15 is 0 Å². The van der Waals surface area contributed by atoms with Crippen LogP contribution in [0.15, 0.2) is 12.3 Å². The fraction of sp³-hybridized carbons (Fsp3) is 0.667. The van der Waals surface area contributed by atoms with Crippen molar-refractivity contribution in [2.45, 2.75) is 67.1 Å². The molecule has 186 valence electrons. The molecule has 0 radical (unpaired) electrons. The van der Waals surface area contributed by atoms with Crippen molar-refractivity contribution in [3.05, 3.63) is 18.0 Å². The number of methoxy groups -OCH3 is 1. The molecular weight excluding hydrogens is 430 g/mol. The predicted octanol–water partition coefficient (Wildman–Crippen LogP) is 3.83. The van der Waals surface area contributed by atoms with Crippen LogP contribution >= 0.6 is 0 Å². The highest BCUT2D eigenvalue weighted by molar-refractivity contribution is 5.99. The monoisotopic (exact) mass is 467 g/mol. The quantitative estimate of drug-likeness (QED) is 0.229. The summed E-state index contributed by atoms with van der Waals surface area (Å²) >= 11 is 0. The molecule has 0 N–H and O–H groups in total. The van der Waals surface area contributed by atoms with Crippen molar-refractivity contribution < 1.29 is 38.1 Å². The molecule has 0 amide bonds. The minimum absolute atomic E-state index is 0.0183. The minimum Gasteiger partial charge on any atom is -0.493 e. The topological polar surface area (TPSA) is 110 Å². The van der Waals surface area contributed by atoms with E-state index in [9.17, 15) is 14.4 Å². The van der Waals surface area contributed by atoms with Gasteiger partial charge in [-0.1, -0.05) is 34.6 Å². The molecule has 0 aliphatic carbocycles. The van der Waals surface area contributed by atoms with Crippen LogP contribution in [0.5, 0.6) is 11.5 Å². The lowest BCUT2D eigenvalue weighted by atomic mass is 10.00. The Hall–Kier alpha value is -2.68. The molecule has 0 bridgehead atoms. The number of ketones is 1. The molecule has 1 rings (SSSR count). The molecule has 9 heteroatoms. The number of carbonyl (C=O) groups excluding carboxylic acids is 3. The maximum absolute atomic E-state index is 12.9. The zero-order chi connectivity index (χ0) is 25.1. The molecule has 0 saturated heterocycles. The van der Waals surface area contributed by atoms with E-state index in [1.54, 1.807) is 6.92 Å². The first kappa shape index (κ1) is 28.4. The summed E-state index contributed by atoms with van der Waals surface area (Å²) in [6.07, 6.45) is 0.539. The number of rotatable bonds is 14. The van der Waals surface area contributed by atoms with Crippen LogP contribution in [-0.2, 0) is 23.8 Å². The minimum atomic E-state index is -0.717. The second-order valence-corrected chi connectivity index (χ2v) is 8.70. The molecule has 9 nitrogen and oxygen atoms in total. The van der Waals surface area contributed by atoms with Crippen LogP contribution in [0.1, 0.15) is 65.4 Å². The number of aromatic nitrogens is 1. The molecule has 0 aliphatic heterocycles. The van der Waals surface area contributed by atoms with Gasteiger partial charge in [-0.25, -0.2) is 4.98 Å². The number of hydrogen-bond acceptors (Lipinski definition) is 9. The Morgan fingerprint density at radius 1 is 1.06 bits per heavy atom. The number of nitrogens with zero attached hydrogens (tertiary/aromatic N) is 1. The fourth-order valence-corrected chi connectivity index (χ4v) is 3.02. The molecule has 0 aromatic carbocycles. The molecule has 0 fully saturated rings. The number of Topliss-reactive ketones (excluding diaryl/α,β-unsaturated/α-hetero) is 1. The van der Waals surface area contributed by atoms with E-state index in [1.807, 2.05) is 34.6 Å². The van der Waals surface area contributed by atoms with E-state index in [-0.39, 0.29) is 35.6 Å². The van der Waals surface area contributed by atoms with Gasteiger partial charge < -0.3 is 23.7 Å². The summed E-state index contributed by atoms with van der Waals surface area (Å²) in [6, 6.07) is 1.52. The van der Waals surface area contributed by atoms with Crippen molar-refractivity contribution in [2.24, 2.45) is 17.8 Å². The van der Waals surface area contributed by atoms with Crippen LogP contribution in [0.2, 0.25) is 0 Å². The molecule has 3 atom stereocenters. The zero-order valence-corrected chi connectivity index (χ0v) is 20.9. The van der Waals surface area contributed by atoms with E-state index in [1.165, 1.54) is 26.3 Å². The van der Waals surface area contributed by atoms with Crippen LogP contribution in [0.3, 0.4) is 0 Å². The molecule has 33 heavy (non-hydrogen) atoms. The Morgan fingerprint density at radius 3 is 2.27 bits per heavy atom. The van der Waals surface area contributed by atoms with Gasteiger partial charge in [-0.05, 0) is 18.8 Å². The molecular formula is C24H37NO8. The highest BCUT2D eigenvalue weighted by Gasteiger charge is 2.30. The Kier molecular flexibility index (Phi) is 11.8. The van der Waals surface area contributed by atoms with Gasteiger partial charge in [0, 0.05) is 32.2 Å². The van der Waals surface area contributed by atoms with Gasteiger partial charge in [-0.15, -0.1) is 0 Å². The van der Waals surface area contributed by atoms with Gasteiger partial charge >= 0.3 is 11.9 Å². The third-order valence-electron chi connectivity index (χ3n) is 4.78. The predicted molar refractivity (Wildman–Crippen MR) is 121 cm³/mol. The summed E-state index contributed by atoms with van der Waals surface area (Å²) in [7, 11) is 1.41. The molecule has 0 aliphatic rings. The van der Waals surface area contributed by atoms with E-state index < -0.39 is 36.5 Å². The first-order chi connectivity index (χ1) is 15.5. The van der Waals surface area contributed by atoms with Crippen LogP contribution in [0.25, 0.3) is 0 Å². The van der Waals surface area contributed by atoms with Gasteiger partial charge in [0.25, 0.3) is 0 Å². The zero-order valence-electron chi connectivity index (χ0n) is 20.9. The van der Waals surface area contributed by atoms with E-state index in [0.29, 0.717) is 12.5 Å². The third-order valence-corrected chi connectivity index (χ3v) is 4.78.